The highest BCUT2D eigenvalue weighted by atomic mass is 79.9. The molecule has 67 heavy (non-hydrogen) atoms. The van der Waals surface area contributed by atoms with Crippen LogP contribution in [0.15, 0.2) is 94.8 Å². The normalized spacial score (nSPS) is 16.3. The number of aromatic nitrogens is 2. The third-order valence-electron chi connectivity index (χ3n) is 12.7. The van der Waals surface area contributed by atoms with E-state index in [2.05, 4.69) is 26.1 Å². The van der Waals surface area contributed by atoms with Gasteiger partial charge in [0.05, 0.1) is 35.6 Å². The first-order chi connectivity index (χ1) is 32.4. The monoisotopic (exact) mass is 982 g/mol. The predicted molar refractivity (Wildman–Crippen MR) is 257 cm³/mol. The van der Waals surface area contributed by atoms with Crippen molar-refractivity contribution < 1.29 is 38.8 Å². The molecule has 352 valence electrons. The highest BCUT2D eigenvalue weighted by Crippen LogP contribution is 2.39. The van der Waals surface area contributed by atoms with E-state index in [1.807, 2.05) is 67.5 Å². The van der Waals surface area contributed by atoms with Crippen molar-refractivity contribution in [1.29, 1.82) is 0 Å². The van der Waals surface area contributed by atoms with Gasteiger partial charge in [0, 0.05) is 99.5 Å². The molecule has 17 heteroatoms. The van der Waals surface area contributed by atoms with Crippen LogP contribution >= 0.6 is 15.9 Å². The Morgan fingerprint density at radius 1 is 0.597 bits per heavy atom. The van der Waals surface area contributed by atoms with E-state index in [0.717, 1.165) is 74.9 Å². The van der Waals surface area contributed by atoms with E-state index in [4.69, 9.17) is 5.11 Å². The molecule has 0 radical (unpaired) electrons. The van der Waals surface area contributed by atoms with E-state index < -0.39 is 34.4 Å². The number of pyridine rings is 2. The maximum Gasteiger partial charge on any atom is 0.341 e. The zero-order valence-corrected chi connectivity index (χ0v) is 38.4. The lowest BCUT2D eigenvalue weighted by Gasteiger charge is -2.36. The second kappa shape index (κ2) is 20.9. The number of aliphatic hydroxyl groups is 2. The van der Waals surface area contributed by atoms with Crippen LogP contribution in [-0.4, -0.2) is 98.8 Å². The Kier molecular flexibility index (Phi) is 14.8. The van der Waals surface area contributed by atoms with Crippen LogP contribution < -0.4 is 26.0 Å². The number of carboxylic acids is 2. The summed E-state index contributed by atoms with van der Waals surface area (Å²) in [5, 5.41) is 40.9. The van der Waals surface area contributed by atoms with Crippen LogP contribution in [-0.2, 0) is 25.1 Å². The van der Waals surface area contributed by atoms with Crippen molar-refractivity contribution in [1.82, 2.24) is 19.4 Å². The quantitative estimate of drug-likeness (QED) is 0.0875. The van der Waals surface area contributed by atoms with Gasteiger partial charge >= 0.3 is 11.9 Å². The summed E-state index contributed by atoms with van der Waals surface area (Å²) in [6.07, 6.45) is 6.54. The van der Waals surface area contributed by atoms with Gasteiger partial charge in [-0.1, -0.05) is 64.5 Å². The molecule has 2 aromatic heterocycles. The van der Waals surface area contributed by atoms with E-state index in [0.29, 0.717) is 48.6 Å². The van der Waals surface area contributed by atoms with Crippen LogP contribution in [0, 0.1) is 11.6 Å². The fourth-order valence-electron chi connectivity index (χ4n) is 8.61. The van der Waals surface area contributed by atoms with E-state index in [9.17, 15) is 38.9 Å². The van der Waals surface area contributed by atoms with Crippen molar-refractivity contribution >= 4 is 61.0 Å². The molecule has 2 aliphatic heterocycles. The molecule has 2 aliphatic carbocycles. The lowest BCUT2D eigenvalue weighted by Crippen LogP contribution is -2.46. The predicted octanol–water partition coefficient (Wildman–Crippen LogP) is 6.65. The molecule has 2 saturated heterocycles. The minimum atomic E-state index is -1.29. The molecule has 4 fully saturated rings. The van der Waals surface area contributed by atoms with Crippen molar-refractivity contribution in [3.63, 3.8) is 0 Å². The third-order valence-corrected chi connectivity index (χ3v) is 13.3. The topological polar surface area (TPSA) is 181 Å². The van der Waals surface area contributed by atoms with Gasteiger partial charge < -0.3 is 44.7 Å². The molecule has 4 heterocycles. The summed E-state index contributed by atoms with van der Waals surface area (Å²) >= 11 is 3.34. The number of hydrogen-bond donors (Lipinski definition) is 5. The average molecular weight is 984 g/mol. The summed E-state index contributed by atoms with van der Waals surface area (Å²) in [5.41, 5.74) is 4.49. The molecular formula is C50H53BrF2N6O8. The summed E-state index contributed by atoms with van der Waals surface area (Å²) < 4.78 is 33.4. The van der Waals surface area contributed by atoms with Gasteiger partial charge in [0.1, 0.15) is 22.8 Å². The number of fused-ring (bicyclic) bond motifs is 2. The number of hydrogen-bond acceptors (Lipinski definition) is 10. The summed E-state index contributed by atoms with van der Waals surface area (Å²) in [7, 11) is 0. The first kappa shape index (κ1) is 47.5. The van der Waals surface area contributed by atoms with Gasteiger partial charge in [0.25, 0.3) is 0 Å². The number of rotatable bonds is 11. The van der Waals surface area contributed by atoms with E-state index in [-0.39, 0.29) is 47.2 Å². The van der Waals surface area contributed by atoms with Gasteiger partial charge in [-0.3, -0.25) is 14.5 Å². The number of anilines is 2. The molecule has 0 bridgehead atoms. The van der Waals surface area contributed by atoms with E-state index in [1.54, 1.807) is 12.1 Å². The van der Waals surface area contributed by atoms with Gasteiger partial charge in [-0.2, -0.15) is 0 Å². The van der Waals surface area contributed by atoms with Crippen LogP contribution in [0.25, 0.3) is 21.8 Å². The fourth-order valence-corrected chi connectivity index (χ4v) is 8.98. The van der Waals surface area contributed by atoms with Crippen LogP contribution in [0.1, 0.15) is 80.7 Å². The summed E-state index contributed by atoms with van der Waals surface area (Å²) in [6, 6.07) is 21.9. The van der Waals surface area contributed by atoms with Crippen molar-refractivity contribution in [3.05, 3.63) is 151 Å². The van der Waals surface area contributed by atoms with Crippen LogP contribution in [0.4, 0.5) is 20.2 Å². The number of benzene rings is 4. The molecule has 0 amide bonds. The molecule has 5 N–H and O–H groups in total. The molecule has 14 nitrogen and oxygen atoms in total. The number of nitrogens with one attached hydrogen (secondary N) is 1. The zero-order valence-electron chi connectivity index (χ0n) is 36.8. The number of alkyl halides is 1. The number of carbonyl (C=O) groups is 2. The first-order valence-corrected chi connectivity index (χ1v) is 23.6. The van der Waals surface area contributed by atoms with Gasteiger partial charge in [0.15, 0.2) is 0 Å². The largest absolute Gasteiger partial charge is 0.477 e. The molecule has 0 spiro atoms. The summed E-state index contributed by atoms with van der Waals surface area (Å²) in [4.78, 5) is 54.2. The maximum absolute atomic E-state index is 15.1. The number of nitrogens with zero attached hydrogens (tertiary/aromatic N) is 5. The molecule has 10 rings (SSSR count). The SMILES string of the molecule is O=C(O)c1cn(C2CC2)c2cc(N3CCN(Cc4ccc(CO)cc4)CC3)c(F)cc2c1=O.O=C(O)c1cn(C2CC2)c2cc(N3CCNCC3)c(F)cc2c1=O.OCc1ccc(CBr)cc1. The second-order valence-corrected chi connectivity index (χ2v) is 17.9. The Morgan fingerprint density at radius 2 is 1.00 bits per heavy atom. The highest BCUT2D eigenvalue weighted by molar-refractivity contribution is 9.08. The lowest BCUT2D eigenvalue weighted by atomic mass is 10.1. The highest BCUT2D eigenvalue weighted by Gasteiger charge is 2.30. The third kappa shape index (κ3) is 10.9. The molecule has 2 saturated carbocycles. The average Bonchev–Trinajstić information content (AvgIpc) is 4.29. The van der Waals surface area contributed by atoms with Gasteiger partial charge in [-0.05, 0) is 72.2 Å². The minimum absolute atomic E-state index is 0.0302. The maximum atomic E-state index is 15.1. The Hall–Kier alpha value is -5.98. The molecule has 0 atom stereocenters. The summed E-state index contributed by atoms with van der Waals surface area (Å²) in [6.45, 7) is 6.75. The molecule has 0 unspecified atom stereocenters. The van der Waals surface area contributed by atoms with Crippen LogP contribution in [0.5, 0.6) is 0 Å². The summed E-state index contributed by atoms with van der Waals surface area (Å²) in [5.74, 6) is -3.55. The Labute approximate surface area is 393 Å². The number of aliphatic hydroxyl groups excluding tert-OH is 2. The number of carboxylic acid groups (broad SMARTS) is 2. The van der Waals surface area contributed by atoms with Crippen LogP contribution in [0.3, 0.4) is 0 Å². The number of aromatic carboxylic acids is 2. The standard InChI is InChI=1S/C25H26FN3O4.C17H18FN3O3.C8H9BrO/c26-21-11-19-22(29(18-5-6-18)14-20(24(19)31)25(32)33)12-23(21)28-9-7-27(8-10-28)13-16-1-3-17(15-30)4-2-16;18-13-7-11-14(8-15(13)20-5-3-19-4-6-20)21(10-1-2-10)9-12(16(11)22)17(23)24;9-5-7-1-3-8(6-10)4-2-7/h1-4,11-12,14,18,30H,5-10,13,15H2,(H,32,33);7-10,19H,1-6H2,(H,23,24);1-4,10H,5-6H2. The van der Waals surface area contributed by atoms with Crippen molar-refractivity contribution in [2.75, 3.05) is 62.2 Å². The lowest BCUT2D eigenvalue weighted by molar-refractivity contribution is 0.0684. The number of halogens is 3. The Balaban J connectivity index is 0.000000156. The fraction of sp³-hybridized carbons (Fsp3) is 0.360. The molecule has 4 aromatic carbocycles. The van der Waals surface area contributed by atoms with Gasteiger partial charge in [0.2, 0.25) is 10.9 Å². The molecule has 4 aliphatic rings. The minimum Gasteiger partial charge on any atom is -0.477 e. The van der Waals surface area contributed by atoms with E-state index in [1.165, 1.54) is 35.7 Å². The van der Waals surface area contributed by atoms with Gasteiger partial charge in [-0.25, -0.2) is 18.4 Å². The number of piperazine rings is 2. The zero-order chi connectivity index (χ0) is 47.4. The van der Waals surface area contributed by atoms with Crippen molar-refractivity contribution in [2.45, 2.75) is 62.9 Å². The Morgan fingerprint density at radius 3 is 1.39 bits per heavy atom. The Bertz CT molecular complexity index is 2870. The van der Waals surface area contributed by atoms with Crippen molar-refractivity contribution in [3.8, 4) is 0 Å². The second-order valence-electron chi connectivity index (χ2n) is 17.4. The van der Waals surface area contributed by atoms with Gasteiger partial charge in [-0.15, -0.1) is 0 Å². The molecular weight excluding hydrogens is 930 g/mol. The molecule has 6 aromatic rings. The van der Waals surface area contributed by atoms with Crippen molar-refractivity contribution in [2.24, 2.45) is 0 Å². The van der Waals surface area contributed by atoms with Crippen LogP contribution in [0.2, 0.25) is 0 Å². The smallest absolute Gasteiger partial charge is 0.341 e. The van der Waals surface area contributed by atoms with E-state index >= 15 is 4.39 Å². The first-order valence-electron chi connectivity index (χ1n) is 22.5.